The highest BCUT2D eigenvalue weighted by atomic mass is 16.6. The third-order valence-corrected chi connectivity index (χ3v) is 7.15. The van der Waals surface area contributed by atoms with Gasteiger partial charge in [0.2, 0.25) is 0 Å². The second-order valence-electron chi connectivity index (χ2n) is 12.3. The summed E-state index contributed by atoms with van der Waals surface area (Å²) in [6.07, 6.45) is -0.495. The molecule has 9 heteroatoms. The highest BCUT2D eigenvalue weighted by Crippen LogP contribution is 2.39. The minimum Gasteiger partial charge on any atom is -0.488 e. The average molecular weight is 621 g/mol. The van der Waals surface area contributed by atoms with Crippen molar-refractivity contribution in [3.8, 4) is 28.6 Å². The quantitative estimate of drug-likeness (QED) is 0.158. The number of nitrogens with zero attached hydrogens (tertiary/aromatic N) is 2. The van der Waals surface area contributed by atoms with E-state index in [1.807, 2.05) is 118 Å². The number of hydrogen-bond acceptors (Lipinski definition) is 6. The van der Waals surface area contributed by atoms with Crippen molar-refractivity contribution in [1.82, 2.24) is 20.1 Å². The van der Waals surface area contributed by atoms with Gasteiger partial charge in [0, 0.05) is 12.6 Å². The van der Waals surface area contributed by atoms with Gasteiger partial charge in [0.15, 0.2) is 5.82 Å². The Balaban J connectivity index is 1.49. The fourth-order valence-corrected chi connectivity index (χ4v) is 4.89. The zero-order valence-corrected chi connectivity index (χ0v) is 26.9. The Kier molecular flexibility index (Phi) is 9.91. The summed E-state index contributed by atoms with van der Waals surface area (Å²) in [5.74, 6) is 1.76. The number of aromatic nitrogens is 3. The number of hydrogen-bond donors (Lipinski definition) is 2. The first-order chi connectivity index (χ1) is 22.1. The largest absolute Gasteiger partial charge is 0.488 e. The lowest BCUT2D eigenvalue weighted by Gasteiger charge is -2.20. The first-order valence-corrected chi connectivity index (χ1v) is 15.3. The van der Waals surface area contributed by atoms with Crippen LogP contribution in [0.2, 0.25) is 0 Å². The van der Waals surface area contributed by atoms with Crippen LogP contribution in [0.25, 0.3) is 17.1 Å². The van der Waals surface area contributed by atoms with Crippen LogP contribution in [0, 0.1) is 0 Å². The van der Waals surface area contributed by atoms with Gasteiger partial charge in [-0.2, -0.15) is 5.10 Å². The van der Waals surface area contributed by atoms with Crippen LogP contribution < -0.4 is 20.5 Å². The normalized spacial score (nSPS) is 11.3. The van der Waals surface area contributed by atoms with Crippen molar-refractivity contribution in [2.75, 3.05) is 0 Å². The summed E-state index contributed by atoms with van der Waals surface area (Å²) >= 11 is 0. The monoisotopic (exact) mass is 620 g/mol. The molecule has 5 aromatic rings. The Morgan fingerprint density at radius 1 is 0.826 bits per heavy atom. The Morgan fingerprint density at radius 3 is 1.98 bits per heavy atom. The molecule has 0 bridgehead atoms. The van der Waals surface area contributed by atoms with Gasteiger partial charge in [-0.15, -0.1) is 0 Å². The lowest BCUT2D eigenvalue weighted by atomic mass is 9.98. The van der Waals surface area contributed by atoms with Crippen LogP contribution in [-0.2, 0) is 24.5 Å². The fourth-order valence-electron chi connectivity index (χ4n) is 4.89. The molecule has 1 aromatic heterocycles. The molecule has 4 aromatic carbocycles. The first kappa shape index (κ1) is 32.1. The number of H-pyrrole nitrogens is 1. The van der Waals surface area contributed by atoms with Crippen molar-refractivity contribution >= 4 is 6.09 Å². The summed E-state index contributed by atoms with van der Waals surface area (Å²) in [5, 5.41) is 9.83. The van der Waals surface area contributed by atoms with Gasteiger partial charge in [-0.05, 0) is 67.1 Å². The minimum atomic E-state index is -0.585. The van der Waals surface area contributed by atoms with Crippen molar-refractivity contribution < 1.29 is 19.0 Å². The molecule has 2 N–H and O–H groups in total. The van der Waals surface area contributed by atoms with E-state index in [0.29, 0.717) is 41.8 Å². The number of carbonyl (C=O) groups is 1. The molecule has 0 spiro atoms. The van der Waals surface area contributed by atoms with Crippen LogP contribution >= 0.6 is 0 Å². The minimum absolute atomic E-state index is 0.114. The Hall–Kier alpha value is -5.31. The highest BCUT2D eigenvalue weighted by Gasteiger charge is 2.22. The SMILES string of the molecule is CC(C)c1cc(-c2n[nH]c(=O)n2-c2ccc(CNC(=O)OC(C)(C)C)cc2)c(OCc2ccccc2)cc1OCc1ccccc1. The molecule has 0 fully saturated rings. The second-order valence-corrected chi connectivity index (χ2v) is 12.3. The highest BCUT2D eigenvalue weighted by molar-refractivity contribution is 5.70. The van der Waals surface area contributed by atoms with Crippen molar-refractivity contribution in [3.05, 3.63) is 130 Å². The summed E-state index contributed by atoms with van der Waals surface area (Å²) in [5.41, 5.74) is 4.16. The molecule has 5 rings (SSSR count). The number of rotatable bonds is 11. The van der Waals surface area contributed by atoms with E-state index in [0.717, 1.165) is 22.3 Å². The standard InChI is InChI=1S/C37H40N4O5/c1-25(2)30-20-31(33(45-24-28-14-10-7-11-15-28)21-32(30)44-23-27-12-8-6-9-13-27)34-39-40-35(42)41(34)29-18-16-26(17-19-29)22-38-36(43)46-37(3,4)5/h6-21,25H,22-24H2,1-5H3,(H,38,43)(H,40,42). The van der Waals surface area contributed by atoms with Gasteiger partial charge >= 0.3 is 11.8 Å². The van der Waals surface area contributed by atoms with Crippen LogP contribution in [0.15, 0.2) is 102 Å². The van der Waals surface area contributed by atoms with Gasteiger partial charge in [0.1, 0.15) is 30.3 Å². The molecule has 0 unspecified atom stereocenters. The number of amides is 1. The maximum Gasteiger partial charge on any atom is 0.407 e. The summed E-state index contributed by atoms with van der Waals surface area (Å²) < 4.78 is 19.6. The van der Waals surface area contributed by atoms with E-state index in [1.54, 1.807) is 0 Å². The third-order valence-electron chi connectivity index (χ3n) is 7.15. The second kappa shape index (κ2) is 14.2. The smallest absolute Gasteiger partial charge is 0.407 e. The zero-order chi connectivity index (χ0) is 32.7. The molecule has 1 amide bonds. The molecule has 0 aliphatic rings. The predicted octanol–water partition coefficient (Wildman–Crippen LogP) is 7.53. The molecule has 46 heavy (non-hydrogen) atoms. The van der Waals surface area contributed by atoms with Crippen molar-refractivity contribution in [2.45, 2.75) is 65.9 Å². The molecule has 0 atom stereocenters. The number of ether oxygens (including phenoxy) is 3. The maximum absolute atomic E-state index is 13.2. The van der Waals surface area contributed by atoms with Crippen LogP contribution in [0.4, 0.5) is 4.79 Å². The molecular formula is C37H40N4O5. The molecule has 0 aliphatic heterocycles. The van der Waals surface area contributed by atoms with E-state index in [9.17, 15) is 9.59 Å². The maximum atomic E-state index is 13.2. The number of carbonyl (C=O) groups excluding carboxylic acids is 1. The lowest BCUT2D eigenvalue weighted by Crippen LogP contribution is -2.32. The molecule has 9 nitrogen and oxygen atoms in total. The summed E-state index contributed by atoms with van der Waals surface area (Å²) in [6, 6.07) is 31.1. The van der Waals surface area contributed by atoms with Crippen LogP contribution in [-0.4, -0.2) is 26.5 Å². The van der Waals surface area contributed by atoms with Gasteiger partial charge in [0.05, 0.1) is 11.3 Å². The topological polar surface area (TPSA) is 107 Å². The molecule has 238 valence electrons. The molecule has 0 aliphatic carbocycles. The number of aromatic amines is 1. The Bertz CT molecular complexity index is 1810. The van der Waals surface area contributed by atoms with E-state index in [-0.39, 0.29) is 18.2 Å². The van der Waals surface area contributed by atoms with E-state index in [2.05, 4.69) is 29.4 Å². The predicted molar refractivity (Wildman–Crippen MR) is 178 cm³/mol. The van der Waals surface area contributed by atoms with Crippen molar-refractivity contribution in [2.24, 2.45) is 0 Å². The Morgan fingerprint density at radius 2 is 1.41 bits per heavy atom. The first-order valence-electron chi connectivity index (χ1n) is 15.3. The Labute approximate surface area is 269 Å². The number of benzene rings is 4. The summed E-state index contributed by atoms with van der Waals surface area (Å²) in [7, 11) is 0. The van der Waals surface area contributed by atoms with E-state index < -0.39 is 11.7 Å². The van der Waals surface area contributed by atoms with Gasteiger partial charge < -0.3 is 19.5 Å². The summed E-state index contributed by atoms with van der Waals surface area (Å²) in [6.45, 7) is 10.6. The van der Waals surface area contributed by atoms with Crippen molar-refractivity contribution in [3.63, 3.8) is 0 Å². The van der Waals surface area contributed by atoms with Crippen LogP contribution in [0.5, 0.6) is 11.5 Å². The molecular weight excluding hydrogens is 580 g/mol. The lowest BCUT2D eigenvalue weighted by molar-refractivity contribution is 0.0523. The van der Waals surface area contributed by atoms with Crippen molar-refractivity contribution in [1.29, 1.82) is 0 Å². The molecule has 1 heterocycles. The number of alkyl carbamates (subject to hydrolysis) is 1. The van der Waals surface area contributed by atoms with Gasteiger partial charge in [-0.25, -0.2) is 19.3 Å². The van der Waals surface area contributed by atoms with E-state index in [4.69, 9.17) is 14.2 Å². The summed E-state index contributed by atoms with van der Waals surface area (Å²) in [4.78, 5) is 25.3. The van der Waals surface area contributed by atoms with Gasteiger partial charge in [0.25, 0.3) is 0 Å². The molecule has 0 saturated carbocycles. The fraction of sp³-hybridized carbons (Fsp3) is 0.270. The van der Waals surface area contributed by atoms with Gasteiger partial charge in [-0.3, -0.25) is 0 Å². The average Bonchev–Trinajstić information content (AvgIpc) is 3.42. The van der Waals surface area contributed by atoms with E-state index in [1.165, 1.54) is 4.57 Å². The molecule has 0 radical (unpaired) electrons. The van der Waals surface area contributed by atoms with Crippen LogP contribution in [0.3, 0.4) is 0 Å². The van der Waals surface area contributed by atoms with Gasteiger partial charge in [-0.1, -0.05) is 86.6 Å². The number of nitrogens with one attached hydrogen (secondary N) is 2. The van der Waals surface area contributed by atoms with E-state index >= 15 is 0 Å². The van der Waals surface area contributed by atoms with Crippen LogP contribution in [0.1, 0.15) is 62.8 Å². The molecule has 0 saturated heterocycles. The third kappa shape index (κ3) is 8.24. The zero-order valence-electron chi connectivity index (χ0n) is 26.9.